The summed E-state index contributed by atoms with van der Waals surface area (Å²) in [6, 6.07) is 0.109. The zero-order valence-electron chi connectivity index (χ0n) is 8.72. The summed E-state index contributed by atoms with van der Waals surface area (Å²) < 4.78 is 40.1. The van der Waals surface area contributed by atoms with Gasteiger partial charge in [-0.3, -0.25) is 0 Å². The minimum atomic E-state index is -4.41. The molecule has 7 heteroatoms. The lowest BCUT2D eigenvalue weighted by Gasteiger charge is -2.25. The first-order valence-electron chi connectivity index (χ1n) is 5.13. The Bertz CT molecular complexity index is 237. The summed E-state index contributed by atoms with van der Waals surface area (Å²) >= 11 is 0. The van der Waals surface area contributed by atoms with Crippen LogP contribution in [-0.4, -0.2) is 31.0 Å². The first-order chi connectivity index (χ1) is 7.37. The van der Waals surface area contributed by atoms with Crippen LogP contribution in [0.3, 0.4) is 0 Å². The Morgan fingerprint density at radius 1 is 1.31 bits per heavy atom. The van der Waals surface area contributed by atoms with Gasteiger partial charge in [0.2, 0.25) is 0 Å². The summed E-state index contributed by atoms with van der Waals surface area (Å²) in [6.45, 7) is -1.36. The number of hydrogen-bond donors (Lipinski definition) is 2. The number of hydrogen-bond acceptors (Lipinski definition) is 3. The minimum Gasteiger partial charge on any atom is -0.446 e. The quantitative estimate of drug-likeness (QED) is 0.769. The summed E-state index contributed by atoms with van der Waals surface area (Å²) in [6.07, 6.45) is -3.05. The van der Waals surface area contributed by atoms with Gasteiger partial charge in [0.25, 0.3) is 0 Å². The molecule has 0 aliphatic heterocycles. The highest BCUT2D eigenvalue weighted by Gasteiger charge is 2.29. The molecule has 0 aromatic carbocycles. The van der Waals surface area contributed by atoms with Crippen molar-refractivity contribution in [2.24, 2.45) is 5.73 Å². The minimum absolute atomic E-state index is 0.109. The SMILES string of the molecule is NC1CCC(OC(=O)NCC(F)(F)F)CC1. The van der Waals surface area contributed by atoms with E-state index < -0.39 is 18.8 Å². The molecule has 0 spiro atoms. The van der Waals surface area contributed by atoms with Crippen LogP contribution in [0, 0.1) is 0 Å². The van der Waals surface area contributed by atoms with Crippen molar-refractivity contribution in [3.8, 4) is 0 Å². The van der Waals surface area contributed by atoms with Crippen LogP contribution in [0.25, 0.3) is 0 Å². The lowest BCUT2D eigenvalue weighted by Crippen LogP contribution is -2.38. The molecule has 0 atom stereocenters. The summed E-state index contributed by atoms with van der Waals surface area (Å²) in [5.41, 5.74) is 5.64. The van der Waals surface area contributed by atoms with Gasteiger partial charge in [-0.2, -0.15) is 13.2 Å². The zero-order chi connectivity index (χ0) is 12.2. The van der Waals surface area contributed by atoms with Crippen LogP contribution >= 0.6 is 0 Å². The lowest BCUT2D eigenvalue weighted by atomic mass is 9.94. The van der Waals surface area contributed by atoms with E-state index in [-0.39, 0.29) is 12.1 Å². The Morgan fingerprint density at radius 3 is 2.38 bits per heavy atom. The fourth-order valence-corrected chi connectivity index (χ4v) is 1.57. The van der Waals surface area contributed by atoms with E-state index in [4.69, 9.17) is 10.5 Å². The standard InChI is InChI=1S/C9H15F3N2O2/c10-9(11,12)5-14-8(15)16-7-3-1-6(13)2-4-7/h6-7H,1-5,13H2,(H,14,15). The van der Waals surface area contributed by atoms with Crippen LogP contribution in [0.1, 0.15) is 25.7 Å². The van der Waals surface area contributed by atoms with Gasteiger partial charge in [-0.15, -0.1) is 0 Å². The number of carbonyl (C=O) groups is 1. The zero-order valence-corrected chi connectivity index (χ0v) is 8.72. The molecule has 0 aromatic heterocycles. The molecule has 0 heterocycles. The van der Waals surface area contributed by atoms with Gasteiger partial charge in [0.05, 0.1) is 0 Å². The number of carbonyl (C=O) groups excluding carboxylic acids is 1. The third kappa shape index (κ3) is 5.20. The molecule has 94 valence electrons. The summed E-state index contributed by atoms with van der Waals surface area (Å²) in [4.78, 5) is 11.0. The van der Waals surface area contributed by atoms with Crippen LogP contribution < -0.4 is 11.1 Å². The number of nitrogens with two attached hydrogens (primary N) is 1. The van der Waals surface area contributed by atoms with Crippen LogP contribution in [-0.2, 0) is 4.74 Å². The number of nitrogens with one attached hydrogen (secondary N) is 1. The average molecular weight is 240 g/mol. The molecular formula is C9H15F3N2O2. The van der Waals surface area contributed by atoms with E-state index in [1.54, 1.807) is 5.32 Å². The molecule has 1 saturated carbocycles. The van der Waals surface area contributed by atoms with Crippen molar-refractivity contribution < 1.29 is 22.7 Å². The van der Waals surface area contributed by atoms with Crippen molar-refractivity contribution in [2.45, 2.75) is 44.0 Å². The third-order valence-corrected chi connectivity index (χ3v) is 2.43. The number of alkyl carbamates (subject to hydrolysis) is 1. The maximum atomic E-state index is 11.8. The van der Waals surface area contributed by atoms with Crippen LogP contribution in [0.5, 0.6) is 0 Å². The van der Waals surface area contributed by atoms with E-state index in [1.807, 2.05) is 0 Å². The average Bonchev–Trinajstić information content (AvgIpc) is 2.18. The van der Waals surface area contributed by atoms with Crippen molar-refractivity contribution in [3.05, 3.63) is 0 Å². The molecule has 16 heavy (non-hydrogen) atoms. The smallest absolute Gasteiger partial charge is 0.407 e. The molecule has 0 radical (unpaired) electrons. The van der Waals surface area contributed by atoms with Gasteiger partial charge >= 0.3 is 12.3 Å². The highest BCUT2D eigenvalue weighted by atomic mass is 19.4. The largest absolute Gasteiger partial charge is 0.446 e. The maximum absolute atomic E-state index is 11.8. The summed E-state index contributed by atoms with van der Waals surface area (Å²) in [7, 11) is 0. The topological polar surface area (TPSA) is 64.3 Å². The van der Waals surface area contributed by atoms with E-state index in [2.05, 4.69) is 0 Å². The Balaban J connectivity index is 2.19. The lowest BCUT2D eigenvalue weighted by molar-refractivity contribution is -0.124. The van der Waals surface area contributed by atoms with E-state index >= 15 is 0 Å². The number of ether oxygens (including phenoxy) is 1. The number of amides is 1. The molecule has 1 fully saturated rings. The second kappa shape index (κ2) is 5.38. The molecule has 0 saturated heterocycles. The van der Waals surface area contributed by atoms with Crippen LogP contribution in [0.15, 0.2) is 0 Å². The molecule has 4 nitrogen and oxygen atoms in total. The van der Waals surface area contributed by atoms with Crippen molar-refractivity contribution in [3.63, 3.8) is 0 Å². The molecule has 0 unspecified atom stereocenters. The van der Waals surface area contributed by atoms with Gasteiger partial charge in [0.1, 0.15) is 12.6 Å². The van der Waals surface area contributed by atoms with Crippen molar-refractivity contribution in [2.75, 3.05) is 6.54 Å². The molecule has 1 aliphatic carbocycles. The van der Waals surface area contributed by atoms with Crippen molar-refractivity contribution >= 4 is 6.09 Å². The predicted octanol–water partition coefficient (Wildman–Crippen LogP) is 1.54. The molecule has 0 aromatic rings. The van der Waals surface area contributed by atoms with Gasteiger partial charge in [0.15, 0.2) is 0 Å². The number of alkyl halides is 3. The van der Waals surface area contributed by atoms with Gasteiger partial charge in [0, 0.05) is 6.04 Å². The van der Waals surface area contributed by atoms with Gasteiger partial charge in [-0.05, 0) is 25.7 Å². The first kappa shape index (κ1) is 13.1. The molecular weight excluding hydrogens is 225 g/mol. The van der Waals surface area contributed by atoms with Gasteiger partial charge in [-0.1, -0.05) is 0 Å². The summed E-state index contributed by atoms with van der Waals surface area (Å²) in [5.74, 6) is 0. The van der Waals surface area contributed by atoms with Crippen molar-refractivity contribution in [1.29, 1.82) is 0 Å². The molecule has 0 bridgehead atoms. The van der Waals surface area contributed by atoms with E-state index in [0.717, 1.165) is 12.8 Å². The van der Waals surface area contributed by atoms with E-state index in [9.17, 15) is 18.0 Å². The predicted molar refractivity (Wildman–Crippen MR) is 50.8 cm³/mol. The monoisotopic (exact) mass is 240 g/mol. The van der Waals surface area contributed by atoms with Gasteiger partial charge < -0.3 is 15.8 Å². The molecule has 1 rings (SSSR count). The summed E-state index contributed by atoms with van der Waals surface area (Å²) in [5, 5.41) is 1.66. The third-order valence-electron chi connectivity index (χ3n) is 2.43. The van der Waals surface area contributed by atoms with Crippen molar-refractivity contribution in [1.82, 2.24) is 5.32 Å². The number of rotatable bonds is 2. The Labute approximate surface area is 91.3 Å². The second-order valence-corrected chi connectivity index (χ2v) is 3.91. The normalized spacial score (nSPS) is 26.2. The molecule has 3 N–H and O–H groups in total. The second-order valence-electron chi connectivity index (χ2n) is 3.91. The Hall–Kier alpha value is -0.980. The highest BCUT2D eigenvalue weighted by Crippen LogP contribution is 2.20. The van der Waals surface area contributed by atoms with Crippen LogP contribution in [0.2, 0.25) is 0 Å². The van der Waals surface area contributed by atoms with E-state index in [1.165, 1.54) is 0 Å². The van der Waals surface area contributed by atoms with Gasteiger partial charge in [-0.25, -0.2) is 4.79 Å². The molecule has 1 aliphatic rings. The number of halogens is 3. The van der Waals surface area contributed by atoms with E-state index in [0.29, 0.717) is 12.8 Å². The fourth-order valence-electron chi connectivity index (χ4n) is 1.57. The Kier molecular flexibility index (Phi) is 4.40. The maximum Gasteiger partial charge on any atom is 0.407 e. The van der Waals surface area contributed by atoms with Crippen LogP contribution in [0.4, 0.5) is 18.0 Å². The highest BCUT2D eigenvalue weighted by molar-refractivity contribution is 5.67. The molecule has 1 amide bonds. The Morgan fingerprint density at radius 2 is 1.88 bits per heavy atom. The fraction of sp³-hybridized carbons (Fsp3) is 0.889. The first-order valence-corrected chi connectivity index (χ1v) is 5.13.